The normalized spacial score (nSPS) is 21.0. The summed E-state index contributed by atoms with van der Waals surface area (Å²) in [6.45, 7) is 20.7. The summed E-state index contributed by atoms with van der Waals surface area (Å²) in [7, 11) is -0.346. The molecule has 3 atom stereocenters. The maximum atomic E-state index is 13.9. The van der Waals surface area contributed by atoms with Crippen LogP contribution in [-0.4, -0.2) is 39.6 Å². The number of carbonyl (C=O) groups is 1. The van der Waals surface area contributed by atoms with Crippen LogP contribution in [0.2, 0.25) is 0 Å². The second-order valence-corrected chi connectivity index (χ2v) is 11.6. The Hall–Kier alpha value is -1.13. The first-order chi connectivity index (χ1) is 15.9. The summed E-state index contributed by atoms with van der Waals surface area (Å²) >= 11 is 0. The average Bonchev–Trinajstić information content (AvgIpc) is 3.14. The van der Waals surface area contributed by atoms with E-state index in [1.807, 2.05) is 33.2 Å². The molecule has 2 aromatic rings. The van der Waals surface area contributed by atoms with E-state index < -0.39 is 17.0 Å². The number of carbonyl (C=O) groups excluding carboxylic acids is 1. The van der Waals surface area contributed by atoms with Crippen molar-refractivity contribution in [2.45, 2.75) is 79.5 Å². The number of aliphatic hydroxyl groups is 1. The zero-order chi connectivity index (χ0) is 27.0. The van der Waals surface area contributed by atoms with Crippen molar-refractivity contribution in [1.82, 2.24) is 9.55 Å². The molecule has 1 fully saturated rings. The molecule has 0 saturated heterocycles. The van der Waals surface area contributed by atoms with E-state index in [2.05, 4.69) is 68.1 Å². The molecule has 0 aliphatic heterocycles. The minimum atomic E-state index is -2.36. The van der Waals surface area contributed by atoms with E-state index in [0.29, 0.717) is 5.56 Å². The summed E-state index contributed by atoms with van der Waals surface area (Å²) in [6.07, 6.45) is 4.04. The van der Waals surface area contributed by atoms with Gasteiger partial charge in [-0.3, -0.25) is 9.78 Å². The zero-order valence-electron chi connectivity index (χ0n) is 23.0. The standard InChI is InChI=1S/C26H38N3O2.H2NO2S.Y/c1-15-13-21(26(8,9)24(15)31)28(10)20-11-12-27-17(3)22(20)23(30)19-14-29(25(5,6)7)18(4)16(19)2;1-4(2)3;/h11-12,14-15,21,24,31H,1,13H2,2-10H3;(H2,1,2,3);/q2*-1;/t15?,21-,24-;;/m1../s1. The van der Waals surface area contributed by atoms with Gasteiger partial charge in [0.05, 0.1) is 16.9 Å². The summed E-state index contributed by atoms with van der Waals surface area (Å²) in [4.78, 5) is 20.5. The second kappa shape index (κ2) is 12.2. The Kier molecular flexibility index (Phi) is 11.1. The first-order valence-corrected chi connectivity index (χ1v) is 12.8. The summed E-state index contributed by atoms with van der Waals surface area (Å²) in [5.41, 5.74) is 4.61. The van der Waals surface area contributed by atoms with Crippen molar-refractivity contribution in [3.05, 3.63) is 53.5 Å². The van der Waals surface area contributed by atoms with Crippen LogP contribution in [0.3, 0.4) is 0 Å². The van der Waals surface area contributed by atoms with E-state index in [0.717, 1.165) is 34.6 Å². The number of anilines is 1. The Labute approximate surface area is 243 Å². The van der Waals surface area contributed by atoms with Gasteiger partial charge in [0.1, 0.15) is 0 Å². The third-order valence-electron chi connectivity index (χ3n) is 7.32. The molecule has 1 unspecified atom stereocenters. The van der Waals surface area contributed by atoms with Crippen LogP contribution in [0.15, 0.2) is 18.5 Å². The van der Waals surface area contributed by atoms with Crippen molar-refractivity contribution in [1.29, 1.82) is 0 Å². The van der Waals surface area contributed by atoms with Crippen LogP contribution in [0, 0.1) is 39.0 Å². The summed E-state index contributed by atoms with van der Waals surface area (Å²) < 4.78 is 19.7. The molecule has 3 N–H and O–H groups in total. The molecule has 1 saturated carbocycles. The van der Waals surface area contributed by atoms with Crippen LogP contribution in [0.5, 0.6) is 0 Å². The van der Waals surface area contributed by atoms with Gasteiger partial charge in [-0.25, -0.2) is 0 Å². The molecule has 199 valence electrons. The van der Waals surface area contributed by atoms with Gasteiger partial charge in [-0.2, -0.15) is 0 Å². The predicted molar refractivity (Wildman–Crippen MR) is 140 cm³/mol. The van der Waals surface area contributed by atoms with Crippen molar-refractivity contribution in [2.24, 2.45) is 16.5 Å². The van der Waals surface area contributed by atoms with Gasteiger partial charge in [-0.1, -0.05) is 20.3 Å². The minimum Gasteiger partial charge on any atom is -0.409 e. The number of hydrogen-bond donors (Lipinski definition) is 2. The topological polar surface area (TPSA) is 119 Å². The molecule has 3 rings (SSSR count). The van der Waals surface area contributed by atoms with Crippen LogP contribution < -0.4 is 10.0 Å². The van der Waals surface area contributed by atoms with Crippen molar-refractivity contribution < 1.29 is 51.0 Å². The largest absolute Gasteiger partial charge is 0.409 e. The van der Waals surface area contributed by atoms with E-state index in [4.69, 9.17) is 8.42 Å². The molecule has 0 amide bonds. The van der Waals surface area contributed by atoms with Gasteiger partial charge < -0.3 is 35.1 Å². The van der Waals surface area contributed by atoms with E-state index in [9.17, 15) is 9.90 Å². The fourth-order valence-corrected chi connectivity index (χ4v) is 5.24. The van der Waals surface area contributed by atoms with E-state index in [1.165, 1.54) is 0 Å². The first-order valence-electron chi connectivity index (χ1n) is 11.7. The molecular formula is C26H40N4O4SY-2. The number of aliphatic hydroxyl groups excluding tert-OH is 1. The SMILES string of the molecule is N[S-](=O)=O.[CH2-]C1C[C@@H](N(C)c2ccnc(C)c2C(=O)c2cn(C(C)(C)C)c(C)c2C)C(C)(C)[C@@H]1O.[Y]. The second-order valence-electron chi connectivity index (χ2n) is 11.1. The number of rotatable bonds is 4. The fourth-order valence-electron chi connectivity index (χ4n) is 5.24. The van der Waals surface area contributed by atoms with E-state index >= 15 is 0 Å². The van der Waals surface area contributed by atoms with Crippen molar-refractivity contribution >= 4 is 22.4 Å². The summed E-state index contributed by atoms with van der Waals surface area (Å²) in [5.74, 6) is -0.0335. The van der Waals surface area contributed by atoms with E-state index in [-0.39, 0.29) is 61.4 Å². The van der Waals surface area contributed by atoms with Crippen LogP contribution in [0.4, 0.5) is 5.69 Å². The molecule has 0 aromatic carbocycles. The molecule has 1 aliphatic rings. The number of aryl methyl sites for hydroxylation is 1. The number of nitrogens with zero attached hydrogens (tertiary/aromatic N) is 3. The Morgan fingerprint density at radius 3 is 2.22 bits per heavy atom. The smallest absolute Gasteiger partial charge is 0.198 e. The average molecular weight is 594 g/mol. The Morgan fingerprint density at radius 1 is 1.28 bits per heavy atom. The van der Waals surface area contributed by atoms with Gasteiger partial charge in [-0.05, 0) is 64.1 Å². The first kappa shape index (κ1) is 32.9. The maximum absolute atomic E-state index is 13.9. The number of aromatic nitrogens is 2. The van der Waals surface area contributed by atoms with Crippen molar-refractivity contribution in [2.75, 3.05) is 11.9 Å². The Balaban J connectivity index is 0.00000120. The Bertz CT molecular complexity index is 1160. The third-order valence-corrected chi connectivity index (χ3v) is 7.32. The summed E-state index contributed by atoms with van der Waals surface area (Å²) in [5, 5.41) is 14.7. The van der Waals surface area contributed by atoms with Crippen LogP contribution in [0.25, 0.3) is 0 Å². The molecule has 0 bridgehead atoms. The monoisotopic (exact) mass is 593 g/mol. The Morgan fingerprint density at radius 2 is 1.81 bits per heavy atom. The molecule has 8 nitrogen and oxygen atoms in total. The number of ketones is 1. The molecule has 2 aromatic heterocycles. The fraction of sp³-hybridized carbons (Fsp3) is 0.577. The molecule has 1 aliphatic carbocycles. The molecule has 10 heteroatoms. The number of nitrogens with two attached hydrogens (primary N) is 1. The minimum absolute atomic E-state index is 0. The molecule has 36 heavy (non-hydrogen) atoms. The van der Waals surface area contributed by atoms with E-state index in [1.54, 1.807) is 6.20 Å². The van der Waals surface area contributed by atoms with Crippen LogP contribution in [0.1, 0.15) is 73.9 Å². The number of pyridine rings is 1. The third kappa shape index (κ3) is 6.65. The van der Waals surface area contributed by atoms with Crippen molar-refractivity contribution in [3.63, 3.8) is 0 Å². The maximum Gasteiger partial charge on any atom is 0.198 e. The molecule has 2 heterocycles. The summed E-state index contributed by atoms with van der Waals surface area (Å²) in [6, 6.07) is 1.99. The molecule has 0 spiro atoms. The predicted octanol–water partition coefficient (Wildman–Crippen LogP) is 4.01. The van der Waals surface area contributed by atoms with Crippen LogP contribution >= 0.6 is 0 Å². The van der Waals surface area contributed by atoms with Crippen molar-refractivity contribution in [3.8, 4) is 0 Å². The molecular weight excluding hydrogens is 553 g/mol. The van der Waals surface area contributed by atoms with Gasteiger partial charge in [0.25, 0.3) is 0 Å². The van der Waals surface area contributed by atoms with Gasteiger partial charge in [0, 0.05) is 86.5 Å². The van der Waals surface area contributed by atoms with Gasteiger partial charge in [0.2, 0.25) is 0 Å². The quantitative estimate of drug-likeness (QED) is 0.314. The van der Waals surface area contributed by atoms with Crippen LogP contribution in [-0.2, 0) is 57.6 Å². The zero-order valence-corrected chi connectivity index (χ0v) is 26.6. The van der Waals surface area contributed by atoms with Gasteiger partial charge in [0.15, 0.2) is 5.78 Å². The van der Waals surface area contributed by atoms with Gasteiger partial charge >= 0.3 is 0 Å². The molecule has 1 radical (unpaired) electrons. The van der Waals surface area contributed by atoms with Gasteiger partial charge in [-0.15, -0.1) is 5.92 Å². The number of hydrogen-bond acceptors (Lipinski definition) is 7.